The minimum absolute atomic E-state index is 0.0460. The van der Waals surface area contributed by atoms with Gasteiger partial charge >= 0.3 is 0 Å². The predicted molar refractivity (Wildman–Crippen MR) is 118 cm³/mol. The number of rotatable bonds is 7. The molecule has 1 aliphatic rings. The molecule has 4 heterocycles. The topological polar surface area (TPSA) is 114 Å². The molecule has 3 aromatic heterocycles. The van der Waals surface area contributed by atoms with Crippen LogP contribution in [0.5, 0.6) is 0 Å². The lowest BCUT2D eigenvalue weighted by molar-refractivity contribution is -0.0132. The molecular weight excluding hydrogens is 477 g/mol. The van der Waals surface area contributed by atoms with Crippen molar-refractivity contribution in [3.05, 3.63) is 41.4 Å². The molecule has 3 N–H and O–H groups in total. The number of hydrogen-bond acceptors (Lipinski definition) is 7. The first-order chi connectivity index (χ1) is 16.0. The zero-order valence-corrected chi connectivity index (χ0v) is 19.0. The van der Waals surface area contributed by atoms with Crippen LogP contribution in [0.25, 0.3) is 16.9 Å². The molecule has 0 aliphatic carbocycles. The number of pyridine rings is 1. The standard InChI is InChI=1S/C21H22ClF3N6O3/c1-20(2,33)16(23)7-28-19(32)13-5-26-14(3-15(13)30-17-9-34-10-21(17,24)25)12-6-29-31-8-11(22)4-27-18(12)31/h3-6,8,16-17,33H,7,9-10H2,1-2H3,(H,26,30)(H,28,32)/t16-,17?/m1/s1. The highest BCUT2D eigenvalue weighted by molar-refractivity contribution is 6.30. The molecule has 0 radical (unpaired) electrons. The van der Waals surface area contributed by atoms with Crippen molar-refractivity contribution in [3.63, 3.8) is 0 Å². The number of amides is 1. The SMILES string of the molecule is CC(C)(O)[C@H](F)CNC(=O)c1cnc(-c2cnn3cc(Cl)cnc23)cc1NC1COCC1(F)F. The van der Waals surface area contributed by atoms with Gasteiger partial charge < -0.3 is 20.5 Å². The van der Waals surface area contributed by atoms with Crippen molar-refractivity contribution in [2.24, 2.45) is 0 Å². The summed E-state index contributed by atoms with van der Waals surface area (Å²) in [6.07, 6.45) is 3.90. The summed E-state index contributed by atoms with van der Waals surface area (Å²) >= 11 is 5.94. The Morgan fingerprint density at radius 1 is 1.38 bits per heavy atom. The Morgan fingerprint density at radius 3 is 2.82 bits per heavy atom. The maximum Gasteiger partial charge on any atom is 0.292 e. The van der Waals surface area contributed by atoms with Crippen molar-refractivity contribution in [2.75, 3.05) is 25.1 Å². The van der Waals surface area contributed by atoms with Crippen molar-refractivity contribution in [3.8, 4) is 11.3 Å². The van der Waals surface area contributed by atoms with E-state index in [0.717, 1.165) is 0 Å². The van der Waals surface area contributed by atoms with Crippen molar-refractivity contribution >= 4 is 28.8 Å². The second-order valence-electron chi connectivity index (χ2n) is 8.52. The van der Waals surface area contributed by atoms with Gasteiger partial charge in [0.2, 0.25) is 0 Å². The van der Waals surface area contributed by atoms with Crippen LogP contribution in [0.4, 0.5) is 18.9 Å². The van der Waals surface area contributed by atoms with Gasteiger partial charge in [0.15, 0.2) is 5.65 Å². The first-order valence-corrected chi connectivity index (χ1v) is 10.7. The van der Waals surface area contributed by atoms with Gasteiger partial charge in [0.1, 0.15) is 18.8 Å². The molecule has 2 atom stereocenters. The minimum atomic E-state index is -3.16. The number of carbonyl (C=O) groups is 1. The highest BCUT2D eigenvalue weighted by atomic mass is 35.5. The van der Waals surface area contributed by atoms with Crippen LogP contribution >= 0.6 is 11.6 Å². The zero-order chi connectivity index (χ0) is 24.7. The van der Waals surface area contributed by atoms with Gasteiger partial charge in [-0.25, -0.2) is 22.7 Å². The van der Waals surface area contributed by atoms with E-state index < -0.39 is 42.8 Å². The molecule has 13 heteroatoms. The number of aliphatic hydroxyl groups is 1. The fourth-order valence-electron chi connectivity index (χ4n) is 3.33. The lowest BCUT2D eigenvalue weighted by Crippen LogP contribution is -2.42. The number of halogens is 4. The van der Waals surface area contributed by atoms with Gasteiger partial charge in [-0.1, -0.05) is 11.6 Å². The molecule has 1 amide bonds. The summed E-state index contributed by atoms with van der Waals surface area (Å²) in [4.78, 5) is 21.3. The van der Waals surface area contributed by atoms with Crippen LogP contribution in [-0.4, -0.2) is 74.1 Å². The van der Waals surface area contributed by atoms with E-state index in [9.17, 15) is 23.1 Å². The number of aromatic nitrogens is 4. The maximum absolute atomic E-state index is 14.2. The van der Waals surface area contributed by atoms with Crippen molar-refractivity contribution < 1.29 is 27.8 Å². The van der Waals surface area contributed by atoms with Gasteiger partial charge in [0.25, 0.3) is 11.8 Å². The van der Waals surface area contributed by atoms with Crippen LogP contribution in [0.15, 0.2) is 30.9 Å². The molecule has 0 spiro atoms. The molecular formula is C21H22ClF3N6O3. The molecule has 9 nitrogen and oxygen atoms in total. The van der Waals surface area contributed by atoms with E-state index in [0.29, 0.717) is 21.9 Å². The summed E-state index contributed by atoms with van der Waals surface area (Å²) in [5, 5.41) is 19.3. The van der Waals surface area contributed by atoms with E-state index >= 15 is 0 Å². The lowest BCUT2D eigenvalue weighted by Gasteiger charge is -2.23. The second kappa shape index (κ2) is 9.01. The third-order valence-electron chi connectivity index (χ3n) is 5.38. The van der Waals surface area contributed by atoms with Crippen LogP contribution in [-0.2, 0) is 4.74 Å². The third kappa shape index (κ3) is 4.93. The van der Waals surface area contributed by atoms with Crippen LogP contribution in [0.1, 0.15) is 24.2 Å². The molecule has 1 saturated heterocycles. The van der Waals surface area contributed by atoms with Crippen molar-refractivity contribution in [1.29, 1.82) is 0 Å². The first-order valence-electron chi connectivity index (χ1n) is 10.3. The number of anilines is 1. The van der Waals surface area contributed by atoms with Gasteiger partial charge in [-0.05, 0) is 19.9 Å². The van der Waals surface area contributed by atoms with Gasteiger partial charge in [-0.2, -0.15) is 5.10 Å². The quantitative estimate of drug-likeness (QED) is 0.459. The van der Waals surface area contributed by atoms with Gasteiger partial charge in [-0.3, -0.25) is 9.78 Å². The fraction of sp³-hybridized carbons (Fsp3) is 0.429. The van der Waals surface area contributed by atoms with Gasteiger partial charge in [-0.15, -0.1) is 0 Å². The third-order valence-corrected chi connectivity index (χ3v) is 5.57. The monoisotopic (exact) mass is 498 g/mol. The van der Waals surface area contributed by atoms with Crippen LogP contribution < -0.4 is 10.6 Å². The summed E-state index contributed by atoms with van der Waals surface area (Å²) in [5.74, 6) is -3.91. The molecule has 3 aromatic rings. The normalized spacial score (nSPS) is 18.7. The van der Waals surface area contributed by atoms with Crippen LogP contribution in [0, 0.1) is 0 Å². The Hall–Kier alpha value is -2.96. The molecule has 182 valence electrons. The average Bonchev–Trinajstić information content (AvgIpc) is 3.33. The zero-order valence-electron chi connectivity index (χ0n) is 18.2. The fourth-order valence-corrected chi connectivity index (χ4v) is 3.47. The number of carbonyl (C=O) groups excluding carboxylic acids is 1. The Morgan fingerprint density at radius 2 is 2.15 bits per heavy atom. The van der Waals surface area contributed by atoms with Crippen molar-refractivity contribution in [2.45, 2.75) is 37.6 Å². The number of nitrogens with zero attached hydrogens (tertiary/aromatic N) is 4. The Labute approximate surface area is 197 Å². The average molecular weight is 499 g/mol. The van der Waals surface area contributed by atoms with E-state index in [1.54, 1.807) is 6.20 Å². The van der Waals surface area contributed by atoms with Crippen LogP contribution in [0.3, 0.4) is 0 Å². The predicted octanol–water partition coefficient (Wildman–Crippen LogP) is 2.73. The molecule has 4 rings (SSSR count). The van der Waals surface area contributed by atoms with Crippen LogP contribution in [0.2, 0.25) is 5.02 Å². The Balaban J connectivity index is 1.68. The largest absolute Gasteiger partial charge is 0.387 e. The Kier molecular flexibility index (Phi) is 6.40. The highest BCUT2D eigenvalue weighted by Gasteiger charge is 2.45. The van der Waals surface area contributed by atoms with E-state index in [4.69, 9.17) is 16.3 Å². The number of nitrogens with one attached hydrogen (secondary N) is 2. The smallest absolute Gasteiger partial charge is 0.292 e. The molecule has 1 unspecified atom stereocenters. The molecule has 34 heavy (non-hydrogen) atoms. The number of alkyl halides is 3. The first kappa shape index (κ1) is 24.2. The lowest BCUT2D eigenvalue weighted by atomic mass is 10.0. The maximum atomic E-state index is 14.2. The molecule has 0 bridgehead atoms. The number of fused-ring (bicyclic) bond motifs is 1. The van der Waals surface area contributed by atoms with E-state index in [2.05, 4.69) is 25.7 Å². The van der Waals surface area contributed by atoms with E-state index in [-0.39, 0.29) is 17.9 Å². The minimum Gasteiger partial charge on any atom is -0.387 e. The van der Waals surface area contributed by atoms with Gasteiger partial charge in [0.05, 0.1) is 58.7 Å². The summed E-state index contributed by atoms with van der Waals surface area (Å²) in [5.41, 5.74) is -0.497. The number of hydrogen-bond donors (Lipinski definition) is 3. The number of ether oxygens (including phenoxy) is 1. The van der Waals surface area contributed by atoms with Gasteiger partial charge in [0, 0.05) is 12.4 Å². The summed E-state index contributed by atoms with van der Waals surface area (Å²) in [6.45, 7) is 1.04. The van der Waals surface area contributed by atoms with Crippen molar-refractivity contribution in [1.82, 2.24) is 24.9 Å². The molecule has 1 fully saturated rings. The highest BCUT2D eigenvalue weighted by Crippen LogP contribution is 2.32. The molecule has 0 saturated carbocycles. The molecule has 1 aliphatic heterocycles. The van der Waals surface area contributed by atoms with E-state index in [1.807, 2.05) is 0 Å². The summed E-state index contributed by atoms with van der Waals surface area (Å²) < 4.78 is 48.9. The Bertz CT molecular complexity index is 1220. The second-order valence-corrected chi connectivity index (χ2v) is 8.95. The summed E-state index contributed by atoms with van der Waals surface area (Å²) in [7, 11) is 0. The summed E-state index contributed by atoms with van der Waals surface area (Å²) in [6, 6.07) is 0.0277. The molecule has 0 aromatic carbocycles. The van der Waals surface area contributed by atoms with E-state index in [1.165, 1.54) is 43.0 Å².